The molecule has 0 saturated heterocycles. The van der Waals surface area contributed by atoms with E-state index in [0.717, 1.165) is 31.0 Å². The average Bonchev–Trinajstić information content (AvgIpc) is 3.27. The van der Waals surface area contributed by atoms with Crippen LogP contribution >= 0.6 is 23.1 Å². The SMILES string of the molecule is N#CC(=Cc1cn(CCC(N)=O)c2ccccc12)Sc1nc2ccccc2s1. The number of para-hydroxylation sites is 2. The molecule has 5 nitrogen and oxygen atoms in total. The van der Waals surface area contributed by atoms with Crippen LogP contribution in [0.5, 0.6) is 0 Å². The molecule has 0 aliphatic heterocycles. The first-order chi connectivity index (χ1) is 13.6. The van der Waals surface area contributed by atoms with E-state index in [1.165, 1.54) is 11.8 Å². The molecule has 1 amide bonds. The fourth-order valence-electron chi connectivity index (χ4n) is 3.02. The van der Waals surface area contributed by atoms with E-state index in [4.69, 9.17) is 5.73 Å². The standard InChI is InChI=1S/C21H16N4OS2/c22-12-15(27-21-24-17-6-2-4-8-19(17)28-21)11-14-13-25(10-9-20(23)26)18-7-3-1-5-16(14)18/h1-8,11,13H,9-10H2,(H2,23,26). The monoisotopic (exact) mass is 404 g/mol. The highest BCUT2D eigenvalue weighted by atomic mass is 32.2. The van der Waals surface area contributed by atoms with Gasteiger partial charge in [-0.05, 0) is 36.0 Å². The lowest BCUT2D eigenvalue weighted by atomic mass is 10.1. The zero-order valence-electron chi connectivity index (χ0n) is 14.8. The highest BCUT2D eigenvalue weighted by Gasteiger charge is 2.11. The number of hydrogen-bond acceptors (Lipinski definition) is 5. The number of benzene rings is 2. The summed E-state index contributed by atoms with van der Waals surface area (Å²) in [7, 11) is 0. The molecule has 4 rings (SSSR count). The Bertz CT molecular complexity index is 1210. The minimum atomic E-state index is -0.334. The van der Waals surface area contributed by atoms with E-state index in [9.17, 15) is 10.1 Å². The highest BCUT2D eigenvalue weighted by Crippen LogP contribution is 2.35. The first kappa shape index (κ1) is 18.3. The van der Waals surface area contributed by atoms with Gasteiger partial charge in [-0.2, -0.15) is 5.26 Å². The molecule has 0 fully saturated rings. The molecular weight excluding hydrogens is 388 g/mol. The third kappa shape index (κ3) is 3.79. The molecule has 0 bridgehead atoms. The summed E-state index contributed by atoms with van der Waals surface area (Å²) < 4.78 is 3.94. The van der Waals surface area contributed by atoms with E-state index >= 15 is 0 Å². The smallest absolute Gasteiger partial charge is 0.219 e. The molecule has 0 spiro atoms. The van der Waals surface area contributed by atoms with Crippen molar-refractivity contribution in [1.82, 2.24) is 9.55 Å². The number of thioether (sulfide) groups is 1. The zero-order valence-corrected chi connectivity index (χ0v) is 16.5. The molecule has 138 valence electrons. The van der Waals surface area contributed by atoms with Crippen molar-refractivity contribution in [3.63, 3.8) is 0 Å². The molecule has 2 aromatic carbocycles. The van der Waals surface area contributed by atoms with Gasteiger partial charge in [-0.25, -0.2) is 4.98 Å². The van der Waals surface area contributed by atoms with Gasteiger partial charge in [-0.15, -0.1) is 11.3 Å². The van der Waals surface area contributed by atoms with Crippen molar-refractivity contribution in [2.24, 2.45) is 5.73 Å². The van der Waals surface area contributed by atoms with Crippen LogP contribution in [-0.4, -0.2) is 15.5 Å². The van der Waals surface area contributed by atoms with Gasteiger partial charge in [0.1, 0.15) is 6.07 Å². The maximum absolute atomic E-state index is 11.2. The Hall–Kier alpha value is -3.08. The van der Waals surface area contributed by atoms with E-state index in [1.54, 1.807) is 11.3 Å². The van der Waals surface area contributed by atoms with Gasteiger partial charge >= 0.3 is 0 Å². The molecule has 0 unspecified atom stereocenters. The molecule has 2 N–H and O–H groups in total. The van der Waals surface area contributed by atoms with Crippen LogP contribution in [0.4, 0.5) is 0 Å². The van der Waals surface area contributed by atoms with Crippen LogP contribution in [-0.2, 0) is 11.3 Å². The molecule has 2 heterocycles. The molecule has 0 aliphatic rings. The van der Waals surface area contributed by atoms with E-state index in [1.807, 2.05) is 65.4 Å². The van der Waals surface area contributed by atoms with Crippen molar-refractivity contribution in [1.29, 1.82) is 5.26 Å². The number of nitrogens with zero attached hydrogens (tertiary/aromatic N) is 3. The Balaban J connectivity index is 1.68. The molecule has 0 radical (unpaired) electrons. The number of aryl methyl sites for hydroxylation is 1. The number of nitrogens with two attached hydrogens (primary N) is 1. The van der Waals surface area contributed by atoms with Crippen molar-refractivity contribution in [2.45, 2.75) is 17.3 Å². The van der Waals surface area contributed by atoms with Gasteiger partial charge in [0.15, 0.2) is 4.34 Å². The number of hydrogen-bond donors (Lipinski definition) is 1. The summed E-state index contributed by atoms with van der Waals surface area (Å²) in [4.78, 5) is 16.3. The van der Waals surface area contributed by atoms with Gasteiger partial charge in [0.05, 0.1) is 15.1 Å². The number of rotatable bonds is 6. The number of thiazole rings is 1. The molecule has 0 aliphatic carbocycles. The van der Waals surface area contributed by atoms with Crippen molar-refractivity contribution >= 4 is 56.2 Å². The van der Waals surface area contributed by atoms with Crippen molar-refractivity contribution in [3.05, 3.63) is 65.2 Å². The van der Waals surface area contributed by atoms with Crippen molar-refractivity contribution in [2.75, 3.05) is 0 Å². The summed E-state index contributed by atoms with van der Waals surface area (Å²) >= 11 is 2.94. The van der Waals surface area contributed by atoms with Crippen LogP contribution in [0.25, 0.3) is 27.2 Å². The van der Waals surface area contributed by atoms with Gasteiger partial charge in [0.25, 0.3) is 0 Å². The summed E-state index contributed by atoms with van der Waals surface area (Å²) in [6, 6.07) is 18.1. The fourth-order valence-corrected chi connectivity index (χ4v) is 4.99. The highest BCUT2D eigenvalue weighted by molar-refractivity contribution is 8.05. The Kier molecular flexibility index (Phi) is 5.15. The van der Waals surface area contributed by atoms with Crippen molar-refractivity contribution < 1.29 is 4.79 Å². The molecule has 0 saturated carbocycles. The van der Waals surface area contributed by atoms with Crippen LogP contribution in [0.2, 0.25) is 0 Å². The molecule has 28 heavy (non-hydrogen) atoms. The predicted octanol–water partition coefficient (Wildman–Crippen LogP) is 4.78. The number of nitriles is 1. The normalized spacial score (nSPS) is 11.8. The number of amides is 1. The number of aromatic nitrogens is 2. The topological polar surface area (TPSA) is 84.7 Å². The van der Waals surface area contributed by atoms with Crippen molar-refractivity contribution in [3.8, 4) is 6.07 Å². The summed E-state index contributed by atoms with van der Waals surface area (Å²) in [5, 5.41) is 10.7. The first-order valence-electron chi connectivity index (χ1n) is 8.65. The van der Waals surface area contributed by atoms with Crippen LogP contribution in [0.15, 0.2) is 64.0 Å². The van der Waals surface area contributed by atoms with Crippen LogP contribution in [0.1, 0.15) is 12.0 Å². The second-order valence-corrected chi connectivity index (χ2v) is 8.50. The minimum absolute atomic E-state index is 0.271. The number of carbonyl (C=O) groups excluding carboxylic acids is 1. The van der Waals surface area contributed by atoms with E-state index < -0.39 is 0 Å². The fraction of sp³-hybridized carbons (Fsp3) is 0.0952. The first-order valence-corrected chi connectivity index (χ1v) is 10.3. The van der Waals surface area contributed by atoms with Gasteiger partial charge < -0.3 is 10.3 Å². The second kappa shape index (κ2) is 7.89. The summed E-state index contributed by atoms with van der Waals surface area (Å²) in [5.41, 5.74) is 8.18. The maximum Gasteiger partial charge on any atom is 0.219 e. The van der Waals surface area contributed by atoms with Crippen LogP contribution in [0.3, 0.4) is 0 Å². The quantitative estimate of drug-likeness (QED) is 0.370. The largest absolute Gasteiger partial charge is 0.370 e. The predicted molar refractivity (Wildman–Crippen MR) is 115 cm³/mol. The Morgan fingerprint density at radius 1 is 1.25 bits per heavy atom. The van der Waals surface area contributed by atoms with E-state index in [-0.39, 0.29) is 12.3 Å². The molecule has 4 aromatic rings. The Labute approximate surface area is 170 Å². The number of carbonyl (C=O) groups is 1. The molecular formula is C21H16N4OS2. The Morgan fingerprint density at radius 3 is 2.82 bits per heavy atom. The minimum Gasteiger partial charge on any atom is -0.370 e. The number of primary amides is 1. The summed E-state index contributed by atoms with van der Waals surface area (Å²) in [6.45, 7) is 0.511. The Morgan fingerprint density at radius 2 is 2.04 bits per heavy atom. The lowest BCUT2D eigenvalue weighted by molar-refractivity contribution is -0.118. The van der Waals surface area contributed by atoms with E-state index in [2.05, 4.69) is 11.1 Å². The van der Waals surface area contributed by atoms with Crippen LogP contribution < -0.4 is 5.73 Å². The van der Waals surface area contributed by atoms with Gasteiger partial charge in [-0.1, -0.05) is 30.3 Å². The maximum atomic E-state index is 11.2. The lowest BCUT2D eigenvalue weighted by Gasteiger charge is -2.02. The molecule has 0 atom stereocenters. The summed E-state index contributed by atoms with van der Waals surface area (Å²) in [5.74, 6) is -0.334. The third-order valence-electron chi connectivity index (χ3n) is 4.29. The second-order valence-electron chi connectivity index (χ2n) is 6.18. The van der Waals surface area contributed by atoms with Gasteiger partial charge in [-0.3, -0.25) is 4.79 Å². The molecule has 7 heteroatoms. The van der Waals surface area contributed by atoms with Gasteiger partial charge in [0, 0.05) is 35.6 Å². The third-order valence-corrected chi connectivity index (χ3v) is 6.31. The van der Waals surface area contributed by atoms with Crippen LogP contribution in [0, 0.1) is 11.3 Å². The molecule has 2 aromatic heterocycles. The lowest BCUT2D eigenvalue weighted by Crippen LogP contribution is -2.13. The van der Waals surface area contributed by atoms with E-state index in [0.29, 0.717) is 11.4 Å². The summed E-state index contributed by atoms with van der Waals surface area (Å²) in [6.07, 6.45) is 4.11. The average molecular weight is 405 g/mol. The van der Waals surface area contributed by atoms with Gasteiger partial charge in [0.2, 0.25) is 5.91 Å². The zero-order chi connectivity index (χ0) is 19.5. The number of allylic oxidation sites excluding steroid dienone is 1. The number of fused-ring (bicyclic) bond motifs is 2.